The minimum absolute atomic E-state index is 0.193. The van der Waals surface area contributed by atoms with E-state index in [0.29, 0.717) is 17.8 Å². The van der Waals surface area contributed by atoms with Crippen LogP contribution in [0.4, 0.5) is 28.7 Å². The van der Waals surface area contributed by atoms with Crippen molar-refractivity contribution in [3.63, 3.8) is 0 Å². The molecule has 0 saturated carbocycles. The fraction of sp³-hybridized carbons (Fsp3) is 0.207. The summed E-state index contributed by atoms with van der Waals surface area (Å²) in [6.07, 6.45) is 7.83. The third kappa shape index (κ3) is 7.38. The molecule has 1 aromatic carbocycles. The van der Waals surface area contributed by atoms with Crippen molar-refractivity contribution in [2.45, 2.75) is 19.4 Å². The zero-order valence-corrected chi connectivity index (χ0v) is 23.1. The second-order valence-corrected chi connectivity index (χ2v) is 8.63. The first-order valence-electron chi connectivity index (χ1n) is 12.7. The fourth-order valence-electron chi connectivity index (χ4n) is 4.14. The Balaban J connectivity index is 0.00000226. The molecule has 0 radical (unpaired) electrons. The molecule has 0 saturated heterocycles. The van der Waals surface area contributed by atoms with Crippen LogP contribution in [0.1, 0.15) is 22.8 Å². The molecule has 0 aliphatic heterocycles. The largest absolute Gasteiger partial charge is 0.480 e. The number of carboxylic acids is 1. The molecule has 3 aromatic heterocycles. The lowest BCUT2D eigenvalue weighted by Crippen LogP contribution is -2.35. The molecule has 0 aliphatic rings. The highest BCUT2D eigenvalue weighted by Crippen LogP contribution is 2.29. The molecule has 3 heterocycles. The topological polar surface area (TPSA) is 154 Å². The molecule has 1 amide bonds. The zero-order chi connectivity index (χ0) is 29.8. The Hall–Kier alpha value is -5.39. The number of aromatic nitrogens is 4. The fourth-order valence-corrected chi connectivity index (χ4v) is 4.14. The van der Waals surface area contributed by atoms with Crippen LogP contribution in [-0.4, -0.2) is 70.4 Å². The van der Waals surface area contributed by atoms with Crippen LogP contribution in [0, 0.1) is 0 Å². The van der Waals surface area contributed by atoms with Gasteiger partial charge in [-0.3, -0.25) is 9.78 Å². The molecule has 4 rings (SSSR count). The first-order chi connectivity index (χ1) is 19.9. The standard InChI is InChI=1S/C28H30N8O3.CH2O/c1-4-36(27(37)20-11-14-30-15-12-20)24-17-31-18-33-25(24)34-23(28(38)39)16-19-7-9-21(10-8-19)35(3)26-22(29-2)6-5-13-32-26;1-2/h5-15,17-18,23,29H,4,16H2,1-3H3,(H,38,39)(H,31,33,34);1H2/t23-;/m0./s1. The summed E-state index contributed by atoms with van der Waals surface area (Å²) in [6.45, 7) is 4.16. The van der Waals surface area contributed by atoms with Gasteiger partial charge in [0.1, 0.15) is 24.8 Å². The summed E-state index contributed by atoms with van der Waals surface area (Å²) in [5, 5.41) is 16.1. The predicted molar refractivity (Wildman–Crippen MR) is 158 cm³/mol. The smallest absolute Gasteiger partial charge is 0.326 e. The van der Waals surface area contributed by atoms with E-state index in [0.717, 1.165) is 22.8 Å². The quantitative estimate of drug-likeness (QED) is 0.248. The minimum atomic E-state index is -1.04. The summed E-state index contributed by atoms with van der Waals surface area (Å²) >= 11 is 0. The minimum Gasteiger partial charge on any atom is -0.480 e. The van der Waals surface area contributed by atoms with E-state index in [1.54, 1.807) is 30.7 Å². The van der Waals surface area contributed by atoms with E-state index in [4.69, 9.17) is 4.79 Å². The molecule has 41 heavy (non-hydrogen) atoms. The third-order valence-corrected chi connectivity index (χ3v) is 6.22. The van der Waals surface area contributed by atoms with Gasteiger partial charge in [-0.25, -0.2) is 19.7 Å². The van der Waals surface area contributed by atoms with Crippen molar-refractivity contribution in [3.8, 4) is 0 Å². The lowest BCUT2D eigenvalue weighted by Gasteiger charge is -2.25. The van der Waals surface area contributed by atoms with Crippen molar-refractivity contribution in [2.24, 2.45) is 0 Å². The Morgan fingerprint density at radius 2 is 1.71 bits per heavy atom. The summed E-state index contributed by atoms with van der Waals surface area (Å²) in [6, 6.07) is 13.7. The number of benzene rings is 1. The van der Waals surface area contributed by atoms with Gasteiger partial charge in [0, 0.05) is 56.9 Å². The van der Waals surface area contributed by atoms with Gasteiger partial charge in [0.25, 0.3) is 5.91 Å². The number of hydrogen-bond acceptors (Lipinski definition) is 10. The van der Waals surface area contributed by atoms with E-state index in [1.165, 1.54) is 17.4 Å². The summed E-state index contributed by atoms with van der Waals surface area (Å²) in [7, 11) is 3.76. The molecule has 0 unspecified atom stereocenters. The second kappa shape index (κ2) is 14.7. The highest BCUT2D eigenvalue weighted by Gasteiger charge is 2.24. The number of anilines is 5. The first-order valence-corrected chi connectivity index (χ1v) is 12.7. The van der Waals surface area contributed by atoms with Gasteiger partial charge >= 0.3 is 5.97 Å². The van der Waals surface area contributed by atoms with Crippen LogP contribution in [0.25, 0.3) is 0 Å². The van der Waals surface area contributed by atoms with Crippen LogP contribution in [-0.2, 0) is 16.0 Å². The van der Waals surface area contributed by atoms with Gasteiger partial charge in [-0.2, -0.15) is 0 Å². The maximum Gasteiger partial charge on any atom is 0.326 e. The predicted octanol–water partition coefficient (Wildman–Crippen LogP) is 3.67. The van der Waals surface area contributed by atoms with E-state index in [1.807, 2.05) is 69.1 Å². The normalized spacial score (nSPS) is 10.9. The van der Waals surface area contributed by atoms with Crippen LogP contribution in [0.5, 0.6) is 0 Å². The summed E-state index contributed by atoms with van der Waals surface area (Å²) in [5.41, 5.74) is 3.45. The van der Waals surface area contributed by atoms with Gasteiger partial charge in [0.2, 0.25) is 0 Å². The molecule has 4 aromatic rings. The van der Waals surface area contributed by atoms with Crippen LogP contribution in [0.3, 0.4) is 0 Å². The lowest BCUT2D eigenvalue weighted by atomic mass is 10.1. The Labute approximate surface area is 238 Å². The average molecular weight is 557 g/mol. The SMILES string of the molecule is C=O.CCN(C(=O)c1ccncc1)c1cncnc1N[C@@H](Cc1ccc(N(C)c2ncccc2NC)cc1)C(=O)O. The molecular weight excluding hydrogens is 524 g/mol. The van der Waals surface area contributed by atoms with Gasteiger partial charge in [-0.05, 0) is 48.9 Å². The second-order valence-electron chi connectivity index (χ2n) is 8.63. The number of aliphatic carboxylic acids is 1. The number of nitrogens with zero attached hydrogens (tertiary/aromatic N) is 6. The molecule has 3 N–H and O–H groups in total. The first kappa shape index (κ1) is 30.2. The zero-order valence-electron chi connectivity index (χ0n) is 23.1. The van der Waals surface area contributed by atoms with E-state index < -0.39 is 12.0 Å². The Bertz CT molecular complexity index is 1440. The number of hydrogen-bond donors (Lipinski definition) is 3. The Morgan fingerprint density at radius 1 is 1.00 bits per heavy atom. The van der Waals surface area contributed by atoms with Gasteiger partial charge < -0.3 is 30.3 Å². The van der Waals surface area contributed by atoms with Crippen molar-refractivity contribution >= 4 is 47.4 Å². The molecule has 0 spiro atoms. The third-order valence-electron chi connectivity index (χ3n) is 6.22. The van der Waals surface area contributed by atoms with Crippen molar-refractivity contribution in [2.75, 3.05) is 41.1 Å². The van der Waals surface area contributed by atoms with Crippen LogP contribution < -0.4 is 20.4 Å². The van der Waals surface area contributed by atoms with Crippen LogP contribution in [0.15, 0.2) is 79.6 Å². The van der Waals surface area contributed by atoms with Gasteiger partial charge in [-0.1, -0.05) is 12.1 Å². The number of pyridine rings is 2. The molecule has 0 fully saturated rings. The van der Waals surface area contributed by atoms with Gasteiger partial charge in [0.15, 0.2) is 11.6 Å². The summed E-state index contributed by atoms with van der Waals surface area (Å²) < 4.78 is 0. The van der Waals surface area contributed by atoms with Crippen LogP contribution in [0.2, 0.25) is 0 Å². The molecule has 12 nitrogen and oxygen atoms in total. The van der Waals surface area contributed by atoms with E-state index in [2.05, 4.69) is 30.6 Å². The number of carboxylic acid groups (broad SMARTS) is 1. The molecular formula is C29H32N8O4. The van der Waals surface area contributed by atoms with Crippen molar-refractivity contribution in [1.29, 1.82) is 0 Å². The number of nitrogens with one attached hydrogen (secondary N) is 2. The molecule has 0 bridgehead atoms. The van der Waals surface area contributed by atoms with Crippen molar-refractivity contribution in [1.82, 2.24) is 19.9 Å². The van der Waals surface area contributed by atoms with E-state index in [-0.39, 0.29) is 18.1 Å². The van der Waals surface area contributed by atoms with Gasteiger partial charge in [0.05, 0.1) is 11.9 Å². The molecule has 1 atom stereocenters. The number of rotatable bonds is 11. The number of carbonyl (C=O) groups excluding carboxylic acids is 2. The van der Waals surface area contributed by atoms with E-state index in [9.17, 15) is 14.7 Å². The summed E-state index contributed by atoms with van der Waals surface area (Å²) in [5.74, 6) is -0.279. The highest BCUT2D eigenvalue weighted by atomic mass is 16.4. The van der Waals surface area contributed by atoms with Gasteiger partial charge in [-0.15, -0.1) is 0 Å². The summed E-state index contributed by atoms with van der Waals surface area (Å²) in [4.78, 5) is 53.6. The molecule has 0 aliphatic carbocycles. The Kier molecular flexibility index (Phi) is 10.8. The van der Waals surface area contributed by atoms with E-state index >= 15 is 0 Å². The average Bonchev–Trinajstić information content (AvgIpc) is 3.03. The Morgan fingerprint density at radius 3 is 2.34 bits per heavy atom. The molecule has 212 valence electrons. The monoisotopic (exact) mass is 556 g/mol. The highest BCUT2D eigenvalue weighted by molar-refractivity contribution is 6.07. The lowest BCUT2D eigenvalue weighted by molar-refractivity contribution is -0.137. The number of carbonyl (C=O) groups is 3. The molecule has 12 heteroatoms. The van der Waals surface area contributed by atoms with Crippen LogP contribution >= 0.6 is 0 Å². The number of amides is 1. The maximum atomic E-state index is 13.2. The maximum absolute atomic E-state index is 13.2. The van der Waals surface area contributed by atoms with Crippen molar-refractivity contribution < 1.29 is 19.5 Å². The van der Waals surface area contributed by atoms with Crippen molar-refractivity contribution in [3.05, 3.63) is 90.8 Å².